The van der Waals surface area contributed by atoms with Gasteiger partial charge in [-0.2, -0.15) is 5.26 Å². The molecule has 100 valence electrons. The lowest BCUT2D eigenvalue weighted by Crippen LogP contribution is -1.93. The number of halogens is 1. The Kier molecular flexibility index (Phi) is 3.62. The van der Waals surface area contributed by atoms with Crippen molar-refractivity contribution in [1.82, 2.24) is 0 Å². The maximum Gasteiger partial charge on any atom is 0.287 e. The Labute approximate surface area is 114 Å². The minimum absolute atomic E-state index is 0.0914. The van der Waals surface area contributed by atoms with Crippen molar-refractivity contribution in [2.24, 2.45) is 0 Å². The summed E-state index contributed by atoms with van der Waals surface area (Å²) in [4.78, 5) is 10.1. The van der Waals surface area contributed by atoms with Gasteiger partial charge in [-0.15, -0.1) is 0 Å². The van der Waals surface area contributed by atoms with Crippen LogP contribution >= 0.6 is 0 Å². The number of hydrogen-bond donors (Lipinski definition) is 0. The second-order valence-corrected chi connectivity index (χ2v) is 4.06. The Morgan fingerprint density at radius 3 is 2.50 bits per heavy atom. The number of benzene rings is 2. The molecule has 0 saturated heterocycles. The molecule has 2 aromatic carbocycles. The van der Waals surface area contributed by atoms with Crippen LogP contribution < -0.4 is 4.74 Å². The molecule has 0 aliphatic heterocycles. The van der Waals surface area contributed by atoms with Gasteiger partial charge in [-0.3, -0.25) is 10.1 Å². The monoisotopic (exact) mass is 272 g/mol. The smallest absolute Gasteiger partial charge is 0.287 e. The maximum absolute atomic E-state index is 13.1. The number of nitro benzene ring substituents is 1. The van der Waals surface area contributed by atoms with Crippen molar-refractivity contribution in [1.29, 1.82) is 5.26 Å². The number of rotatable bonds is 3. The normalized spacial score (nSPS) is 9.85. The molecule has 0 atom stereocenters. The molecule has 0 heterocycles. The molecule has 0 radical (unpaired) electrons. The zero-order valence-electron chi connectivity index (χ0n) is 10.5. The van der Waals surface area contributed by atoms with Gasteiger partial charge in [-0.25, -0.2) is 4.39 Å². The second-order valence-electron chi connectivity index (χ2n) is 4.06. The molecule has 0 aliphatic rings. The van der Waals surface area contributed by atoms with Crippen LogP contribution in [-0.2, 0) is 0 Å². The fourth-order valence-electron chi connectivity index (χ4n) is 1.64. The van der Waals surface area contributed by atoms with Crippen LogP contribution in [0.1, 0.15) is 11.1 Å². The van der Waals surface area contributed by atoms with Crippen molar-refractivity contribution < 1.29 is 14.1 Å². The van der Waals surface area contributed by atoms with E-state index in [0.717, 1.165) is 0 Å². The summed E-state index contributed by atoms with van der Waals surface area (Å²) in [7, 11) is 0. The van der Waals surface area contributed by atoms with Gasteiger partial charge in [0.05, 0.1) is 4.92 Å². The van der Waals surface area contributed by atoms with Crippen LogP contribution in [0.2, 0.25) is 0 Å². The van der Waals surface area contributed by atoms with Gasteiger partial charge >= 0.3 is 0 Å². The van der Waals surface area contributed by atoms with Crippen LogP contribution in [0.15, 0.2) is 36.4 Å². The molecule has 0 spiro atoms. The quantitative estimate of drug-likeness (QED) is 0.630. The average molecular weight is 272 g/mol. The highest BCUT2D eigenvalue weighted by atomic mass is 19.1. The molecule has 0 aromatic heterocycles. The largest absolute Gasteiger partial charge is 0.457 e. The van der Waals surface area contributed by atoms with Gasteiger partial charge in [-0.1, -0.05) is 0 Å². The Morgan fingerprint density at radius 2 is 1.90 bits per heavy atom. The van der Waals surface area contributed by atoms with Gasteiger partial charge in [-0.05, 0) is 36.8 Å². The summed E-state index contributed by atoms with van der Waals surface area (Å²) in [5.41, 5.74) is 0.0476. The van der Waals surface area contributed by atoms with E-state index in [0.29, 0.717) is 11.3 Å². The van der Waals surface area contributed by atoms with E-state index in [1.54, 1.807) is 13.0 Å². The van der Waals surface area contributed by atoms with E-state index < -0.39 is 4.92 Å². The zero-order chi connectivity index (χ0) is 14.7. The standard InChI is InChI=1S/C14H9FN2O3/c1-9-6-11(2-4-13(9)15)20-12-3-5-14(17(18)19)10(7-12)8-16/h2-7H,1H3. The fourth-order valence-corrected chi connectivity index (χ4v) is 1.64. The predicted molar refractivity (Wildman–Crippen MR) is 69.0 cm³/mol. The summed E-state index contributed by atoms with van der Waals surface area (Å²) in [6, 6.07) is 9.81. The van der Waals surface area contributed by atoms with E-state index in [4.69, 9.17) is 10.00 Å². The van der Waals surface area contributed by atoms with Crippen molar-refractivity contribution in [3.05, 3.63) is 63.5 Å². The van der Waals surface area contributed by atoms with Crippen molar-refractivity contribution in [2.75, 3.05) is 0 Å². The fraction of sp³-hybridized carbons (Fsp3) is 0.0714. The molecule has 0 amide bonds. The Bertz CT molecular complexity index is 723. The molecule has 0 fully saturated rings. The first-order chi connectivity index (χ1) is 9.51. The van der Waals surface area contributed by atoms with E-state index in [1.807, 2.05) is 0 Å². The molecule has 20 heavy (non-hydrogen) atoms. The van der Waals surface area contributed by atoms with Gasteiger partial charge in [0.2, 0.25) is 0 Å². The van der Waals surface area contributed by atoms with E-state index in [1.165, 1.54) is 36.4 Å². The molecule has 0 N–H and O–H groups in total. The van der Waals surface area contributed by atoms with Gasteiger partial charge in [0.25, 0.3) is 5.69 Å². The minimum Gasteiger partial charge on any atom is -0.457 e. The van der Waals surface area contributed by atoms with E-state index >= 15 is 0 Å². The number of nitrogens with zero attached hydrogens (tertiary/aromatic N) is 2. The summed E-state index contributed by atoms with van der Waals surface area (Å²) in [6.07, 6.45) is 0. The average Bonchev–Trinajstić information content (AvgIpc) is 2.42. The molecule has 0 saturated carbocycles. The third-order valence-electron chi connectivity index (χ3n) is 2.65. The first-order valence-corrected chi connectivity index (χ1v) is 5.64. The topological polar surface area (TPSA) is 76.2 Å². The van der Waals surface area contributed by atoms with Crippen molar-refractivity contribution >= 4 is 5.69 Å². The highest BCUT2D eigenvalue weighted by Gasteiger charge is 2.14. The highest BCUT2D eigenvalue weighted by Crippen LogP contribution is 2.28. The predicted octanol–water partition coefficient (Wildman–Crippen LogP) is 3.71. The Morgan fingerprint density at radius 1 is 1.25 bits per heavy atom. The Balaban J connectivity index is 2.32. The van der Waals surface area contributed by atoms with Crippen LogP contribution in [0.4, 0.5) is 10.1 Å². The SMILES string of the molecule is Cc1cc(Oc2ccc([N+](=O)[O-])c(C#N)c2)ccc1F. The van der Waals surface area contributed by atoms with E-state index in [9.17, 15) is 14.5 Å². The number of nitro groups is 1. The van der Waals surface area contributed by atoms with Crippen LogP contribution in [-0.4, -0.2) is 4.92 Å². The molecule has 0 bridgehead atoms. The third-order valence-corrected chi connectivity index (χ3v) is 2.65. The van der Waals surface area contributed by atoms with Crippen LogP contribution in [0, 0.1) is 34.2 Å². The first kappa shape index (κ1) is 13.5. The number of ether oxygens (including phenoxy) is 1. The number of hydrogen-bond acceptors (Lipinski definition) is 4. The van der Waals surface area contributed by atoms with Crippen molar-refractivity contribution in [3.8, 4) is 17.6 Å². The van der Waals surface area contributed by atoms with Gasteiger partial charge in [0.15, 0.2) is 0 Å². The second kappa shape index (κ2) is 5.36. The van der Waals surface area contributed by atoms with Crippen LogP contribution in [0.5, 0.6) is 11.5 Å². The van der Waals surface area contributed by atoms with Gasteiger partial charge in [0, 0.05) is 12.1 Å². The first-order valence-electron chi connectivity index (χ1n) is 5.64. The van der Waals surface area contributed by atoms with E-state index in [-0.39, 0.29) is 22.8 Å². The molecular formula is C14H9FN2O3. The summed E-state index contributed by atoms with van der Waals surface area (Å²) in [6.45, 7) is 1.60. The lowest BCUT2D eigenvalue weighted by Gasteiger charge is -2.07. The minimum atomic E-state index is -0.635. The lowest BCUT2D eigenvalue weighted by molar-refractivity contribution is -0.385. The summed E-state index contributed by atoms with van der Waals surface area (Å²) in [5, 5.41) is 19.6. The summed E-state index contributed by atoms with van der Waals surface area (Å²) in [5.74, 6) is 0.318. The zero-order valence-corrected chi connectivity index (χ0v) is 10.5. The van der Waals surface area contributed by atoms with Crippen molar-refractivity contribution in [2.45, 2.75) is 6.92 Å². The highest BCUT2D eigenvalue weighted by molar-refractivity contribution is 5.52. The lowest BCUT2D eigenvalue weighted by atomic mass is 10.2. The third kappa shape index (κ3) is 2.72. The maximum atomic E-state index is 13.1. The van der Waals surface area contributed by atoms with Crippen LogP contribution in [0.25, 0.3) is 0 Å². The molecular weight excluding hydrogens is 263 g/mol. The molecule has 6 heteroatoms. The molecule has 2 aromatic rings. The van der Waals surface area contributed by atoms with E-state index in [2.05, 4.69) is 0 Å². The summed E-state index contributed by atoms with van der Waals surface area (Å²) >= 11 is 0. The number of aryl methyl sites for hydroxylation is 1. The summed E-state index contributed by atoms with van der Waals surface area (Å²) < 4.78 is 18.6. The molecule has 2 rings (SSSR count). The molecule has 0 aliphatic carbocycles. The van der Waals surface area contributed by atoms with Crippen LogP contribution in [0.3, 0.4) is 0 Å². The number of nitriles is 1. The molecule has 5 nitrogen and oxygen atoms in total. The molecule has 0 unspecified atom stereocenters. The Hall–Kier alpha value is -2.94. The van der Waals surface area contributed by atoms with Gasteiger partial charge in [0.1, 0.15) is 28.9 Å². The van der Waals surface area contributed by atoms with Gasteiger partial charge < -0.3 is 4.74 Å². The van der Waals surface area contributed by atoms with Crippen molar-refractivity contribution in [3.63, 3.8) is 0 Å².